The van der Waals surface area contributed by atoms with Gasteiger partial charge in [-0.15, -0.1) is 0 Å². The number of aryl methyl sites for hydroxylation is 1. The third-order valence-electron chi connectivity index (χ3n) is 1.78. The first kappa shape index (κ1) is 11.2. The van der Waals surface area contributed by atoms with Crippen molar-refractivity contribution in [2.24, 2.45) is 0 Å². The smallest absolute Gasteiger partial charge is 0.417 e. The number of unbranched alkanes of at least 4 members (excludes halogenated alkanes) is 1. The predicted octanol–water partition coefficient (Wildman–Crippen LogP) is 2.25. The summed E-state index contributed by atoms with van der Waals surface area (Å²) in [5.41, 5.74) is 1.19. The molecule has 0 spiro atoms. The lowest BCUT2D eigenvalue weighted by Gasteiger charge is -2.00. The van der Waals surface area contributed by atoms with Crippen LogP contribution in [0.25, 0.3) is 0 Å². The third-order valence-corrected chi connectivity index (χ3v) is 2.22. The van der Waals surface area contributed by atoms with Gasteiger partial charge >= 0.3 is 6.47 Å². The molecule has 75 valence electrons. The average Bonchev–Trinajstić information content (AvgIpc) is 2.18. The van der Waals surface area contributed by atoms with E-state index in [1.807, 2.05) is 12.3 Å². The number of pyridine rings is 1. The largest absolute Gasteiger partial charge is 0.457 e. The summed E-state index contributed by atoms with van der Waals surface area (Å²) in [7, 11) is 0. The van der Waals surface area contributed by atoms with Crippen molar-refractivity contribution >= 4 is 22.4 Å². The molecular weight excluding hydrogens is 246 g/mol. The number of carbonyl (C=O) groups excluding carboxylic acids is 1. The molecule has 0 saturated heterocycles. The molecule has 0 aromatic carbocycles. The van der Waals surface area contributed by atoms with Gasteiger partial charge in [0.25, 0.3) is 0 Å². The molecule has 0 amide bonds. The van der Waals surface area contributed by atoms with Crippen molar-refractivity contribution in [3.63, 3.8) is 0 Å². The topological polar surface area (TPSA) is 39.2 Å². The summed E-state index contributed by atoms with van der Waals surface area (Å²) in [4.78, 5) is 13.8. The van der Waals surface area contributed by atoms with Gasteiger partial charge in [-0.05, 0) is 46.8 Å². The quantitative estimate of drug-likeness (QED) is 0.734. The van der Waals surface area contributed by atoms with E-state index in [1.54, 1.807) is 6.20 Å². The number of aromatic nitrogens is 1. The van der Waals surface area contributed by atoms with E-state index in [0.29, 0.717) is 6.61 Å². The van der Waals surface area contributed by atoms with E-state index in [0.717, 1.165) is 23.7 Å². The monoisotopic (exact) mass is 256 g/mol. The van der Waals surface area contributed by atoms with E-state index in [2.05, 4.69) is 25.7 Å². The molecular formula is C10H11BrNO2. The Hall–Kier alpha value is -0.900. The fourth-order valence-corrected chi connectivity index (χ4v) is 1.55. The number of rotatable bonds is 6. The third kappa shape index (κ3) is 4.37. The van der Waals surface area contributed by atoms with Crippen LogP contribution in [0.2, 0.25) is 0 Å². The zero-order chi connectivity index (χ0) is 10.2. The Bertz CT molecular complexity index is 291. The van der Waals surface area contributed by atoms with Gasteiger partial charge < -0.3 is 4.74 Å². The maximum absolute atomic E-state index is 9.72. The van der Waals surface area contributed by atoms with Gasteiger partial charge in [-0.3, -0.25) is 4.98 Å². The van der Waals surface area contributed by atoms with Crippen LogP contribution in [0.1, 0.15) is 18.4 Å². The van der Waals surface area contributed by atoms with E-state index < -0.39 is 0 Å². The summed E-state index contributed by atoms with van der Waals surface area (Å²) in [5, 5.41) is 0. The minimum atomic E-state index is 0.449. The van der Waals surface area contributed by atoms with Crippen LogP contribution in [0, 0.1) is 0 Å². The lowest BCUT2D eigenvalue weighted by Crippen LogP contribution is -1.93. The van der Waals surface area contributed by atoms with Crippen molar-refractivity contribution in [3.05, 3.63) is 28.5 Å². The molecule has 4 heteroatoms. The zero-order valence-electron chi connectivity index (χ0n) is 7.70. The van der Waals surface area contributed by atoms with Crippen LogP contribution in [0.5, 0.6) is 0 Å². The standard InChI is InChI=1S/C10H11BrNO2/c11-10-5-9(6-12-7-10)3-1-2-4-14-8-13/h5-7H,1-4H2. The summed E-state index contributed by atoms with van der Waals surface area (Å²) in [6.45, 7) is 1.85. The maximum atomic E-state index is 9.72. The molecule has 0 fully saturated rings. The van der Waals surface area contributed by atoms with Gasteiger partial charge in [0.1, 0.15) is 0 Å². The van der Waals surface area contributed by atoms with Crippen LogP contribution in [0.15, 0.2) is 22.9 Å². The Kier molecular flexibility index (Phi) is 5.22. The molecule has 0 N–H and O–H groups in total. The summed E-state index contributed by atoms with van der Waals surface area (Å²) >= 11 is 3.36. The van der Waals surface area contributed by atoms with E-state index in [1.165, 1.54) is 12.0 Å². The van der Waals surface area contributed by atoms with Crippen molar-refractivity contribution in [3.8, 4) is 0 Å². The van der Waals surface area contributed by atoms with Crippen LogP contribution in [-0.4, -0.2) is 18.1 Å². The average molecular weight is 257 g/mol. The van der Waals surface area contributed by atoms with Crippen LogP contribution < -0.4 is 0 Å². The van der Waals surface area contributed by atoms with Crippen LogP contribution >= 0.6 is 15.9 Å². The van der Waals surface area contributed by atoms with Crippen LogP contribution in [0.3, 0.4) is 0 Å². The molecule has 14 heavy (non-hydrogen) atoms. The zero-order valence-corrected chi connectivity index (χ0v) is 9.29. The first-order chi connectivity index (χ1) is 6.83. The molecule has 1 aromatic rings. The second kappa shape index (κ2) is 6.54. The minimum Gasteiger partial charge on any atom is -0.457 e. The molecule has 0 saturated carbocycles. The highest BCUT2D eigenvalue weighted by atomic mass is 79.9. The van der Waals surface area contributed by atoms with Crippen molar-refractivity contribution in [2.75, 3.05) is 6.61 Å². The van der Waals surface area contributed by atoms with Gasteiger partial charge in [0.05, 0.1) is 6.61 Å². The fourth-order valence-electron chi connectivity index (χ4n) is 1.14. The van der Waals surface area contributed by atoms with E-state index >= 15 is 0 Å². The Balaban J connectivity index is 2.21. The Morgan fingerprint density at radius 3 is 3.00 bits per heavy atom. The summed E-state index contributed by atoms with van der Waals surface area (Å²) < 4.78 is 5.46. The van der Waals surface area contributed by atoms with Crippen molar-refractivity contribution in [1.29, 1.82) is 0 Å². The second-order valence-electron chi connectivity index (χ2n) is 2.90. The molecule has 0 unspecified atom stereocenters. The minimum absolute atomic E-state index is 0.449. The van der Waals surface area contributed by atoms with Crippen LogP contribution in [-0.2, 0) is 16.0 Å². The SMILES string of the molecule is O=[C]OCCCCc1cncc(Br)c1. The molecule has 1 radical (unpaired) electrons. The lowest BCUT2D eigenvalue weighted by atomic mass is 10.1. The molecule has 1 heterocycles. The summed E-state index contributed by atoms with van der Waals surface area (Å²) in [6, 6.07) is 2.04. The van der Waals surface area contributed by atoms with Gasteiger partial charge in [0, 0.05) is 16.9 Å². The van der Waals surface area contributed by atoms with Gasteiger partial charge in [-0.2, -0.15) is 0 Å². The number of halogens is 1. The van der Waals surface area contributed by atoms with E-state index in [-0.39, 0.29) is 0 Å². The van der Waals surface area contributed by atoms with Gasteiger partial charge in [0.2, 0.25) is 0 Å². The van der Waals surface area contributed by atoms with Crippen molar-refractivity contribution in [2.45, 2.75) is 19.3 Å². The molecule has 0 aliphatic carbocycles. The normalized spacial score (nSPS) is 9.79. The van der Waals surface area contributed by atoms with Crippen LogP contribution in [0.4, 0.5) is 0 Å². The van der Waals surface area contributed by atoms with E-state index in [4.69, 9.17) is 0 Å². The Morgan fingerprint density at radius 2 is 2.29 bits per heavy atom. The number of hydrogen-bond donors (Lipinski definition) is 0. The van der Waals surface area contributed by atoms with Gasteiger partial charge in [-0.1, -0.05) is 0 Å². The molecule has 1 aromatic heterocycles. The molecule has 3 nitrogen and oxygen atoms in total. The number of nitrogens with zero attached hydrogens (tertiary/aromatic N) is 1. The molecule has 0 atom stereocenters. The molecule has 0 aliphatic rings. The van der Waals surface area contributed by atoms with E-state index in [9.17, 15) is 4.79 Å². The van der Waals surface area contributed by atoms with Gasteiger partial charge in [-0.25, -0.2) is 4.79 Å². The highest BCUT2D eigenvalue weighted by Gasteiger charge is 1.95. The first-order valence-corrected chi connectivity index (χ1v) is 5.20. The second-order valence-corrected chi connectivity index (χ2v) is 3.82. The number of hydrogen-bond acceptors (Lipinski definition) is 3. The summed E-state index contributed by atoms with van der Waals surface area (Å²) in [6.07, 6.45) is 6.40. The van der Waals surface area contributed by atoms with Gasteiger partial charge in [0.15, 0.2) is 0 Å². The molecule has 0 aliphatic heterocycles. The first-order valence-electron chi connectivity index (χ1n) is 4.41. The van der Waals surface area contributed by atoms with Crippen molar-refractivity contribution in [1.82, 2.24) is 4.98 Å². The number of ether oxygens (including phenoxy) is 1. The molecule has 0 bridgehead atoms. The maximum Gasteiger partial charge on any atom is 0.417 e. The van der Waals surface area contributed by atoms with Crippen molar-refractivity contribution < 1.29 is 9.53 Å². The lowest BCUT2D eigenvalue weighted by molar-refractivity contribution is 0.270. The highest BCUT2D eigenvalue weighted by molar-refractivity contribution is 9.10. The fraction of sp³-hybridized carbons (Fsp3) is 0.400. The predicted molar refractivity (Wildman–Crippen MR) is 56.5 cm³/mol. The summed E-state index contributed by atoms with van der Waals surface area (Å²) in [5.74, 6) is 0. The Labute approximate surface area is 91.6 Å². The Morgan fingerprint density at radius 1 is 1.43 bits per heavy atom. The highest BCUT2D eigenvalue weighted by Crippen LogP contribution is 2.11. The molecule has 1 rings (SSSR count).